The first kappa shape index (κ1) is 27.3. The number of aliphatic imine (C=N–C) groups is 1. The van der Waals surface area contributed by atoms with E-state index in [1.807, 2.05) is 12.1 Å². The highest BCUT2D eigenvalue weighted by Crippen LogP contribution is 2.35. The Balaban J connectivity index is 1.51. The number of Topliss-reactive ketones (excluding diaryl/α,β-unsaturated/α-hetero) is 1. The Bertz CT molecular complexity index is 1470. The molecule has 7 nitrogen and oxygen atoms in total. The molecule has 4 rings (SSSR count). The van der Waals surface area contributed by atoms with E-state index in [1.54, 1.807) is 50.6 Å². The van der Waals surface area contributed by atoms with Crippen LogP contribution in [0.25, 0.3) is 10.9 Å². The lowest BCUT2D eigenvalue weighted by Gasteiger charge is -2.16. The third-order valence-electron chi connectivity index (χ3n) is 6.29. The van der Waals surface area contributed by atoms with Crippen LogP contribution in [-0.2, 0) is 11.2 Å². The molecule has 1 aliphatic rings. The first-order valence-corrected chi connectivity index (χ1v) is 12.7. The van der Waals surface area contributed by atoms with Crippen LogP contribution in [0.2, 0.25) is 5.02 Å². The summed E-state index contributed by atoms with van der Waals surface area (Å²) in [5.74, 6) is 1.37. The molecule has 0 saturated heterocycles. The van der Waals surface area contributed by atoms with Gasteiger partial charge in [-0.1, -0.05) is 38.4 Å². The van der Waals surface area contributed by atoms with E-state index in [4.69, 9.17) is 21.1 Å². The molecule has 1 aromatic heterocycles. The highest BCUT2D eigenvalue weighted by atomic mass is 35.5. The molecule has 0 bridgehead atoms. The van der Waals surface area contributed by atoms with Crippen LogP contribution in [0.15, 0.2) is 59.2 Å². The topological polar surface area (TPSA) is 81.1 Å². The number of ether oxygens (including phenoxy) is 2. The van der Waals surface area contributed by atoms with Gasteiger partial charge in [-0.2, -0.15) is 0 Å². The highest BCUT2D eigenvalue weighted by Gasteiger charge is 2.22. The smallest absolute Gasteiger partial charge is 0.257 e. The molecule has 1 aliphatic heterocycles. The molecule has 0 radical (unpaired) electrons. The molecule has 3 aromatic rings. The van der Waals surface area contributed by atoms with Crippen LogP contribution in [0, 0.1) is 5.41 Å². The van der Waals surface area contributed by atoms with Crippen LogP contribution < -0.4 is 9.47 Å². The maximum absolute atomic E-state index is 12.8. The zero-order chi connectivity index (χ0) is 27.6. The second-order valence-electron chi connectivity index (χ2n) is 10.6. The molecular weight excluding hydrogens is 502 g/mol. The standard InChI is InChI=1S/C30H32ClN3O4/c1-30(2,3)28-12-18(17-33-28)11-20(35)13-19-7-8-21(14-24(19)31)38-26-9-10-32-25-16-27(37-6)23(15-22(25)26)29(36)34(4)5/h7-10,12,14-16H,11,13,17H2,1-6H3. The monoisotopic (exact) mass is 533 g/mol. The molecule has 0 atom stereocenters. The minimum Gasteiger partial charge on any atom is -0.496 e. The summed E-state index contributed by atoms with van der Waals surface area (Å²) < 4.78 is 11.6. The summed E-state index contributed by atoms with van der Waals surface area (Å²) in [7, 11) is 4.88. The van der Waals surface area contributed by atoms with E-state index in [1.165, 1.54) is 12.0 Å². The van der Waals surface area contributed by atoms with E-state index in [-0.39, 0.29) is 23.5 Å². The maximum atomic E-state index is 12.8. The van der Waals surface area contributed by atoms with Crippen molar-refractivity contribution in [1.29, 1.82) is 0 Å². The number of rotatable bonds is 8. The van der Waals surface area contributed by atoms with Crippen molar-refractivity contribution in [1.82, 2.24) is 9.88 Å². The predicted octanol–water partition coefficient (Wildman–Crippen LogP) is 6.32. The van der Waals surface area contributed by atoms with Gasteiger partial charge in [-0.05, 0) is 41.5 Å². The summed E-state index contributed by atoms with van der Waals surface area (Å²) >= 11 is 6.55. The van der Waals surface area contributed by atoms with Gasteiger partial charge < -0.3 is 14.4 Å². The van der Waals surface area contributed by atoms with Crippen LogP contribution in [0.1, 0.15) is 43.1 Å². The number of hydrogen-bond donors (Lipinski definition) is 0. The molecule has 198 valence electrons. The Hall–Kier alpha value is -3.71. The van der Waals surface area contributed by atoms with E-state index in [0.29, 0.717) is 51.7 Å². The molecule has 2 heterocycles. The average Bonchev–Trinajstić information content (AvgIpc) is 3.33. The van der Waals surface area contributed by atoms with Crippen LogP contribution >= 0.6 is 11.6 Å². The van der Waals surface area contributed by atoms with Crippen molar-refractivity contribution >= 4 is 39.9 Å². The molecule has 0 aliphatic carbocycles. The molecule has 1 amide bonds. The Morgan fingerprint density at radius 3 is 2.45 bits per heavy atom. The summed E-state index contributed by atoms with van der Waals surface area (Å²) in [6.07, 6.45) is 4.27. The molecular formula is C30H32ClN3O4. The highest BCUT2D eigenvalue weighted by molar-refractivity contribution is 6.31. The van der Waals surface area contributed by atoms with Gasteiger partial charge in [0.05, 0.1) is 24.7 Å². The molecule has 0 unspecified atom stereocenters. The van der Waals surface area contributed by atoms with Gasteiger partial charge in [0.25, 0.3) is 5.91 Å². The fourth-order valence-electron chi connectivity index (χ4n) is 4.24. The number of hydrogen-bond acceptors (Lipinski definition) is 6. The van der Waals surface area contributed by atoms with E-state index < -0.39 is 0 Å². The first-order chi connectivity index (χ1) is 18.0. The molecule has 0 fully saturated rings. The van der Waals surface area contributed by atoms with Crippen molar-refractivity contribution in [3.8, 4) is 17.2 Å². The fourth-order valence-corrected chi connectivity index (χ4v) is 4.47. The number of amides is 1. The van der Waals surface area contributed by atoms with Gasteiger partial charge in [0, 0.05) is 60.7 Å². The lowest BCUT2D eigenvalue weighted by molar-refractivity contribution is -0.117. The van der Waals surface area contributed by atoms with Gasteiger partial charge in [0.15, 0.2) is 0 Å². The van der Waals surface area contributed by atoms with Crippen LogP contribution in [0.5, 0.6) is 17.2 Å². The third-order valence-corrected chi connectivity index (χ3v) is 6.64. The number of halogens is 1. The summed E-state index contributed by atoms with van der Waals surface area (Å²) in [6, 6.07) is 10.5. The third kappa shape index (κ3) is 6.05. The van der Waals surface area contributed by atoms with Crippen LogP contribution in [0.3, 0.4) is 0 Å². The first-order valence-electron chi connectivity index (χ1n) is 12.4. The number of fused-ring (bicyclic) bond motifs is 1. The fraction of sp³-hybridized carbons (Fsp3) is 0.333. The van der Waals surface area contributed by atoms with Crippen molar-refractivity contribution in [3.05, 3.63) is 70.4 Å². The Labute approximate surface area is 228 Å². The van der Waals surface area contributed by atoms with E-state index in [2.05, 4.69) is 30.7 Å². The zero-order valence-corrected chi connectivity index (χ0v) is 23.3. The number of carbonyl (C=O) groups excluding carboxylic acids is 2. The second kappa shape index (κ2) is 11.0. The zero-order valence-electron chi connectivity index (χ0n) is 22.6. The summed E-state index contributed by atoms with van der Waals surface area (Å²) in [4.78, 5) is 35.9. The van der Waals surface area contributed by atoms with Gasteiger partial charge >= 0.3 is 0 Å². The summed E-state index contributed by atoms with van der Waals surface area (Å²) in [5.41, 5.74) is 3.81. The molecule has 0 saturated carbocycles. The number of carbonyl (C=O) groups is 2. The van der Waals surface area contributed by atoms with E-state index in [0.717, 1.165) is 16.8 Å². The number of methoxy groups -OCH3 is 1. The molecule has 0 spiro atoms. The van der Waals surface area contributed by atoms with Crippen LogP contribution in [-0.4, -0.2) is 55.0 Å². The van der Waals surface area contributed by atoms with E-state index in [9.17, 15) is 9.59 Å². The number of allylic oxidation sites excluding steroid dienone is 1. The number of nitrogens with zero attached hydrogens (tertiary/aromatic N) is 3. The van der Waals surface area contributed by atoms with Crippen LogP contribution in [0.4, 0.5) is 0 Å². The number of benzene rings is 2. The lowest BCUT2D eigenvalue weighted by Crippen LogP contribution is -2.22. The normalized spacial score (nSPS) is 13.2. The molecule has 0 N–H and O–H groups in total. The molecule has 2 aromatic carbocycles. The van der Waals surface area contributed by atoms with Crippen molar-refractivity contribution in [2.24, 2.45) is 10.4 Å². The SMILES string of the molecule is COc1cc2nccc(Oc3ccc(CC(=O)CC4=CC(C(C)(C)C)=NC4)c(Cl)c3)c2cc1C(=O)N(C)C. The molecule has 8 heteroatoms. The maximum Gasteiger partial charge on any atom is 0.257 e. The van der Waals surface area contributed by atoms with Crippen molar-refractivity contribution in [2.75, 3.05) is 27.7 Å². The number of aromatic nitrogens is 1. The number of pyridine rings is 1. The Morgan fingerprint density at radius 1 is 1.05 bits per heavy atom. The average molecular weight is 534 g/mol. The van der Waals surface area contributed by atoms with Gasteiger partial charge in [-0.3, -0.25) is 19.6 Å². The van der Waals surface area contributed by atoms with Gasteiger partial charge in [-0.15, -0.1) is 0 Å². The molecule has 38 heavy (non-hydrogen) atoms. The Kier molecular flexibility index (Phi) is 7.88. The van der Waals surface area contributed by atoms with Gasteiger partial charge in [0.2, 0.25) is 0 Å². The largest absolute Gasteiger partial charge is 0.496 e. The predicted molar refractivity (Wildman–Crippen MR) is 151 cm³/mol. The Morgan fingerprint density at radius 2 is 1.82 bits per heavy atom. The minimum absolute atomic E-state index is 0.0282. The number of ketones is 1. The second-order valence-corrected chi connectivity index (χ2v) is 11.0. The summed E-state index contributed by atoms with van der Waals surface area (Å²) in [6.45, 7) is 6.92. The van der Waals surface area contributed by atoms with Gasteiger partial charge in [0.1, 0.15) is 23.0 Å². The van der Waals surface area contributed by atoms with Crippen molar-refractivity contribution in [2.45, 2.75) is 33.6 Å². The van der Waals surface area contributed by atoms with Crippen molar-refractivity contribution < 1.29 is 19.1 Å². The summed E-state index contributed by atoms with van der Waals surface area (Å²) in [5, 5.41) is 1.11. The lowest BCUT2D eigenvalue weighted by atomic mass is 9.89. The van der Waals surface area contributed by atoms with Crippen molar-refractivity contribution in [3.63, 3.8) is 0 Å². The van der Waals surface area contributed by atoms with Gasteiger partial charge in [-0.25, -0.2) is 0 Å². The minimum atomic E-state index is -0.190. The quantitative estimate of drug-likeness (QED) is 0.338. The van der Waals surface area contributed by atoms with E-state index >= 15 is 0 Å².